The third kappa shape index (κ3) is 5.72. The van der Waals surface area contributed by atoms with Crippen LogP contribution in [0.3, 0.4) is 0 Å². The highest BCUT2D eigenvalue weighted by molar-refractivity contribution is 8.02. The lowest BCUT2D eigenvalue weighted by atomic mass is 10.2. The van der Waals surface area contributed by atoms with Gasteiger partial charge in [-0.2, -0.15) is 4.37 Å². The van der Waals surface area contributed by atoms with Gasteiger partial charge in [-0.3, -0.25) is 4.79 Å². The van der Waals surface area contributed by atoms with Crippen LogP contribution in [-0.4, -0.2) is 39.3 Å². The van der Waals surface area contributed by atoms with Gasteiger partial charge in [0, 0.05) is 5.69 Å². The molecule has 0 unspecified atom stereocenters. The fraction of sp³-hybridized carbons (Fsp3) is 0.375. The lowest BCUT2D eigenvalue weighted by molar-refractivity contribution is -0.115. The summed E-state index contributed by atoms with van der Waals surface area (Å²) < 4.78 is 9.92. The van der Waals surface area contributed by atoms with Crippen LogP contribution < -0.4 is 5.32 Å². The molecular formula is C16H19N3O3S3. The summed E-state index contributed by atoms with van der Waals surface area (Å²) in [4.78, 5) is 28.5. The van der Waals surface area contributed by atoms with Gasteiger partial charge in [0.15, 0.2) is 4.34 Å². The van der Waals surface area contributed by atoms with Crippen LogP contribution in [0.2, 0.25) is 0 Å². The third-order valence-corrected chi connectivity index (χ3v) is 5.95. The Morgan fingerprint density at radius 3 is 2.56 bits per heavy atom. The number of amides is 1. The maximum Gasteiger partial charge on any atom is 0.338 e. The summed E-state index contributed by atoms with van der Waals surface area (Å²) >= 11 is 4.19. The fourth-order valence-corrected chi connectivity index (χ4v) is 4.28. The third-order valence-electron chi connectivity index (χ3n) is 3.14. The van der Waals surface area contributed by atoms with Gasteiger partial charge in [0.1, 0.15) is 0 Å². The molecule has 0 radical (unpaired) electrons. The van der Waals surface area contributed by atoms with Crippen LogP contribution in [0.25, 0.3) is 0 Å². The Hall–Kier alpha value is -1.58. The van der Waals surface area contributed by atoms with E-state index in [1.54, 1.807) is 31.2 Å². The second-order valence-electron chi connectivity index (χ2n) is 4.85. The lowest BCUT2D eigenvalue weighted by Gasteiger charge is -2.13. The summed E-state index contributed by atoms with van der Waals surface area (Å²) in [7, 11) is 0. The van der Waals surface area contributed by atoms with Gasteiger partial charge in [-0.05, 0) is 55.4 Å². The summed E-state index contributed by atoms with van der Waals surface area (Å²) in [5.74, 6) is -0.472. The molecule has 0 spiro atoms. The van der Waals surface area contributed by atoms with E-state index < -0.39 is 0 Å². The minimum Gasteiger partial charge on any atom is -0.462 e. The molecule has 2 rings (SSSR count). The van der Waals surface area contributed by atoms with E-state index in [1.165, 1.54) is 35.1 Å². The molecule has 25 heavy (non-hydrogen) atoms. The van der Waals surface area contributed by atoms with E-state index in [2.05, 4.69) is 14.7 Å². The zero-order valence-corrected chi connectivity index (χ0v) is 16.6. The maximum atomic E-state index is 12.5. The summed E-state index contributed by atoms with van der Waals surface area (Å²) in [6, 6.07) is 6.66. The molecule has 0 fully saturated rings. The van der Waals surface area contributed by atoms with Crippen LogP contribution in [0, 0.1) is 0 Å². The summed E-state index contributed by atoms with van der Waals surface area (Å²) in [6.45, 7) is 4.05. The first kappa shape index (κ1) is 19.7. The van der Waals surface area contributed by atoms with Gasteiger partial charge >= 0.3 is 5.97 Å². The Labute approximate surface area is 159 Å². The van der Waals surface area contributed by atoms with Crippen LogP contribution in [0.5, 0.6) is 0 Å². The Morgan fingerprint density at radius 1 is 1.28 bits per heavy atom. The molecule has 134 valence electrons. The molecule has 0 saturated carbocycles. The molecule has 0 aliphatic rings. The van der Waals surface area contributed by atoms with Crippen molar-refractivity contribution in [2.24, 2.45) is 0 Å². The van der Waals surface area contributed by atoms with E-state index in [0.29, 0.717) is 24.3 Å². The van der Waals surface area contributed by atoms with Gasteiger partial charge in [-0.15, -0.1) is 0 Å². The molecule has 2 aromatic rings. The zero-order valence-electron chi connectivity index (χ0n) is 14.1. The Kier molecular flexibility index (Phi) is 7.73. The molecule has 0 saturated heterocycles. The second-order valence-corrected chi connectivity index (χ2v) is 7.82. The number of anilines is 1. The van der Waals surface area contributed by atoms with Gasteiger partial charge in [0.2, 0.25) is 11.1 Å². The van der Waals surface area contributed by atoms with Gasteiger partial charge in [-0.1, -0.05) is 30.4 Å². The van der Waals surface area contributed by atoms with Crippen molar-refractivity contribution in [2.45, 2.75) is 35.0 Å². The van der Waals surface area contributed by atoms with Crippen molar-refractivity contribution >= 4 is 52.6 Å². The molecular weight excluding hydrogens is 378 g/mol. The monoisotopic (exact) mass is 397 g/mol. The van der Waals surface area contributed by atoms with Crippen LogP contribution in [0.4, 0.5) is 5.69 Å². The largest absolute Gasteiger partial charge is 0.462 e. The molecule has 0 aliphatic heterocycles. The van der Waals surface area contributed by atoms with E-state index in [-0.39, 0.29) is 17.1 Å². The normalized spacial score (nSPS) is 11.8. The average molecular weight is 398 g/mol. The summed E-state index contributed by atoms with van der Waals surface area (Å²) in [5, 5.41) is 3.33. The number of rotatable bonds is 8. The average Bonchev–Trinajstić information content (AvgIpc) is 3.08. The quantitative estimate of drug-likeness (QED) is 0.533. The first-order valence-corrected chi connectivity index (χ1v) is 10.6. The predicted octanol–water partition coefficient (Wildman–Crippen LogP) is 3.95. The minimum absolute atomic E-state index is 0.0997. The molecule has 1 amide bonds. The van der Waals surface area contributed by atoms with Crippen molar-refractivity contribution in [2.75, 3.05) is 18.2 Å². The highest BCUT2D eigenvalue weighted by Crippen LogP contribution is 2.29. The van der Waals surface area contributed by atoms with Gasteiger partial charge in [0.25, 0.3) is 0 Å². The number of carbonyl (C=O) groups excluding carboxylic acids is 2. The number of thioether (sulfide) groups is 2. The maximum absolute atomic E-state index is 12.5. The number of hydrogen-bond acceptors (Lipinski definition) is 8. The van der Waals surface area contributed by atoms with E-state index in [9.17, 15) is 9.59 Å². The van der Waals surface area contributed by atoms with E-state index in [0.717, 1.165) is 9.50 Å². The van der Waals surface area contributed by atoms with Crippen LogP contribution in [0.1, 0.15) is 30.6 Å². The lowest BCUT2D eigenvalue weighted by Crippen LogP contribution is -2.24. The van der Waals surface area contributed by atoms with Crippen molar-refractivity contribution in [3.63, 3.8) is 0 Å². The van der Waals surface area contributed by atoms with E-state index in [1.807, 2.05) is 13.2 Å². The number of ether oxygens (including phenoxy) is 1. The van der Waals surface area contributed by atoms with Crippen LogP contribution in [0.15, 0.2) is 33.8 Å². The van der Waals surface area contributed by atoms with E-state index in [4.69, 9.17) is 4.74 Å². The van der Waals surface area contributed by atoms with Crippen molar-refractivity contribution in [1.29, 1.82) is 0 Å². The summed E-state index contributed by atoms with van der Waals surface area (Å²) in [5.41, 5.74) is 1.10. The standard InChI is InChI=1S/C16H19N3O3S3/c1-4-12(24-16-18-15(23-3)19-25-16)13(20)17-11-8-6-10(7-9-11)14(21)22-5-2/h6-9,12H,4-5H2,1-3H3,(H,17,20)/t12-/m1/s1. The zero-order chi connectivity index (χ0) is 18.2. The number of nitrogens with one attached hydrogen (secondary N) is 1. The minimum atomic E-state index is -0.372. The first-order valence-electron chi connectivity index (χ1n) is 7.69. The van der Waals surface area contributed by atoms with E-state index >= 15 is 0 Å². The molecule has 0 aliphatic carbocycles. The van der Waals surface area contributed by atoms with Gasteiger partial charge in [-0.25, -0.2) is 9.78 Å². The molecule has 1 atom stereocenters. The Bertz CT molecular complexity index is 719. The van der Waals surface area contributed by atoms with Crippen molar-refractivity contribution < 1.29 is 14.3 Å². The van der Waals surface area contributed by atoms with Crippen molar-refractivity contribution in [3.8, 4) is 0 Å². The number of esters is 1. The highest BCUT2D eigenvalue weighted by Gasteiger charge is 2.20. The van der Waals surface area contributed by atoms with Crippen LogP contribution >= 0.6 is 35.1 Å². The number of hydrogen-bond donors (Lipinski definition) is 1. The number of nitrogens with zero attached hydrogens (tertiary/aromatic N) is 2. The molecule has 1 aromatic carbocycles. The predicted molar refractivity (Wildman–Crippen MR) is 103 cm³/mol. The topological polar surface area (TPSA) is 81.2 Å². The SMILES string of the molecule is CCOC(=O)c1ccc(NC(=O)[C@@H](CC)Sc2nc(SC)ns2)cc1. The molecule has 1 heterocycles. The second kappa shape index (κ2) is 9.79. The Morgan fingerprint density at radius 2 is 2.00 bits per heavy atom. The van der Waals surface area contributed by atoms with Crippen molar-refractivity contribution in [1.82, 2.24) is 9.36 Å². The molecule has 6 nitrogen and oxygen atoms in total. The highest BCUT2D eigenvalue weighted by atomic mass is 32.2. The van der Waals surface area contributed by atoms with Gasteiger partial charge in [0.05, 0.1) is 17.4 Å². The first-order chi connectivity index (χ1) is 12.1. The number of carbonyl (C=O) groups is 2. The van der Waals surface area contributed by atoms with Crippen LogP contribution in [-0.2, 0) is 9.53 Å². The molecule has 1 N–H and O–H groups in total. The van der Waals surface area contributed by atoms with Crippen molar-refractivity contribution in [3.05, 3.63) is 29.8 Å². The molecule has 1 aromatic heterocycles. The van der Waals surface area contributed by atoms with Gasteiger partial charge < -0.3 is 10.1 Å². The smallest absolute Gasteiger partial charge is 0.338 e. The number of aromatic nitrogens is 2. The fourth-order valence-electron chi connectivity index (χ4n) is 1.90. The summed E-state index contributed by atoms with van der Waals surface area (Å²) in [6.07, 6.45) is 2.59. The number of benzene rings is 1. The molecule has 9 heteroatoms. The Balaban J connectivity index is 1.97. The molecule has 0 bridgehead atoms.